The summed E-state index contributed by atoms with van der Waals surface area (Å²) in [4.78, 5) is 59.2. The van der Waals surface area contributed by atoms with Crippen LogP contribution in [-0.4, -0.2) is 74.2 Å². The van der Waals surface area contributed by atoms with Crippen LogP contribution in [0.15, 0.2) is 65.7 Å². The van der Waals surface area contributed by atoms with E-state index in [9.17, 15) is 19.2 Å². The van der Waals surface area contributed by atoms with E-state index in [1.807, 2.05) is 61.0 Å². The molecule has 4 aromatic rings. The van der Waals surface area contributed by atoms with Gasteiger partial charge in [0, 0.05) is 43.0 Å². The average molecular weight is 614 g/mol. The molecule has 45 heavy (non-hydrogen) atoms. The van der Waals surface area contributed by atoms with E-state index in [4.69, 9.17) is 4.74 Å². The van der Waals surface area contributed by atoms with Crippen molar-refractivity contribution in [2.45, 2.75) is 52.7 Å². The maximum Gasteiger partial charge on any atom is 0.275 e. The minimum atomic E-state index is -0.775. The van der Waals surface area contributed by atoms with Crippen molar-refractivity contribution in [1.29, 1.82) is 0 Å². The van der Waals surface area contributed by atoms with Crippen LogP contribution in [0.25, 0.3) is 22.2 Å². The molecule has 3 heterocycles. The van der Waals surface area contributed by atoms with Gasteiger partial charge in [-0.15, -0.1) is 0 Å². The summed E-state index contributed by atoms with van der Waals surface area (Å²) in [5, 5.41) is 11.3. The number of ether oxygens (including phenoxy) is 1. The van der Waals surface area contributed by atoms with Gasteiger partial charge in [0.1, 0.15) is 24.2 Å². The van der Waals surface area contributed by atoms with Gasteiger partial charge in [-0.2, -0.15) is 5.10 Å². The van der Waals surface area contributed by atoms with Crippen LogP contribution in [-0.2, 0) is 27.5 Å². The van der Waals surface area contributed by atoms with Crippen molar-refractivity contribution < 1.29 is 19.1 Å². The minimum absolute atomic E-state index is 0.135. The molecule has 0 radical (unpaired) electrons. The van der Waals surface area contributed by atoms with Crippen molar-refractivity contribution >= 4 is 28.5 Å². The molecule has 12 nitrogen and oxygen atoms in total. The van der Waals surface area contributed by atoms with Gasteiger partial charge >= 0.3 is 0 Å². The van der Waals surface area contributed by atoms with Crippen LogP contribution in [0.5, 0.6) is 5.75 Å². The van der Waals surface area contributed by atoms with Gasteiger partial charge in [0.2, 0.25) is 17.7 Å². The number of imidazole rings is 1. The van der Waals surface area contributed by atoms with Crippen molar-refractivity contribution in [1.82, 2.24) is 34.9 Å². The number of nitrogens with zero attached hydrogens (tertiary/aromatic N) is 5. The second-order valence-electron chi connectivity index (χ2n) is 11.6. The lowest BCUT2D eigenvalue weighted by atomic mass is 10.0. The summed E-state index contributed by atoms with van der Waals surface area (Å²) < 4.78 is 9.12. The Hall–Kier alpha value is -5.00. The van der Waals surface area contributed by atoms with E-state index < -0.39 is 17.9 Å². The van der Waals surface area contributed by atoms with Crippen molar-refractivity contribution in [3.05, 3.63) is 77.0 Å². The number of carbonyl (C=O) groups is 3. The maximum absolute atomic E-state index is 13.6. The van der Waals surface area contributed by atoms with Crippen LogP contribution in [0.4, 0.5) is 0 Å². The second kappa shape index (κ2) is 14.2. The van der Waals surface area contributed by atoms with E-state index in [1.54, 1.807) is 25.3 Å². The Kier molecular flexibility index (Phi) is 9.91. The Morgan fingerprint density at radius 2 is 1.87 bits per heavy atom. The quantitative estimate of drug-likeness (QED) is 0.361. The number of aromatic nitrogens is 4. The van der Waals surface area contributed by atoms with Crippen molar-refractivity contribution in [3.8, 4) is 17.1 Å². The molecule has 0 fully saturated rings. The lowest BCUT2D eigenvalue weighted by molar-refractivity contribution is -0.137. The van der Waals surface area contributed by atoms with Crippen molar-refractivity contribution in [2.75, 3.05) is 26.2 Å². The van der Waals surface area contributed by atoms with E-state index in [2.05, 4.69) is 20.7 Å². The lowest BCUT2D eigenvalue weighted by Gasteiger charge is -2.25. The fraction of sp³-hybridized carbons (Fsp3) is 0.394. The third-order valence-electron chi connectivity index (χ3n) is 7.68. The monoisotopic (exact) mass is 613 g/mol. The molecule has 0 aliphatic carbocycles. The maximum atomic E-state index is 13.6. The molecule has 2 N–H and O–H groups in total. The topological polar surface area (TPSA) is 140 Å². The molecule has 3 amide bonds. The second-order valence-corrected chi connectivity index (χ2v) is 11.6. The van der Waals surface area contributed by atoms with Crippen LogP contribution >= 0.6 is 0 Å². The molecular weight excluding hydrogens is 574 g/mol. The van der Waals surface area contributed by atoms with Gasteiger partial charge < -0.3 is 24.8 Å². The molecule has 236 valence electrons. The van der Waals surface area contributed by atoms with Gasteiger partial charge in [-0.25, -0.2) is 9.67 Å². The molecule has 0 saturated carbocycles. The number of nitrogens with one attached hydrogen (secondary N) is 2. The Morgan fingerprint density at radius 1 is 1.07 bits per heavy atom. The molecule has 0 saturated heterocycles. The molecular formula is C33H39N7O5. The summed E-state index contributed by atoms with van der Waals surface area (Å²) in [6.07, 6.45) is 4.42. The first-order valence-corrected chi connectivity index (χ1v) is 15.2. The van der Waals surface area contributed by atoms with Crippen LogP contribution in [0.2, 0.25) is 0 Å². The van der Waals surface area contributed by atoms with E-state index in [-0.39, 0.29) is 43.6 Å². The Bertz CT molecular complexity index is 1740. The molecule has 12 heteroatoms. The predicted molar refractivity (Wildman–Crippen MR) is 169 cm³/mol. The SMILES string of the molecule is Cc1nn(CC(=O)N2CCCOc3cccc(c3)-c3nccn3CCNC(=O)[C@@H](CC(C)C)NC(=O)C2)c(=O)c2ccccc12. The number of hydrogen-bond donors (Lipinski definition) is 2. The molecule has 1 aliphatic heterocycles. The smallest absolute Gasteiger partial charge is 0.275 e. The number of carbonyl (C=O) groups excluding carboxylic acids is 3. The first-order valence-electron chi connectivity index (χ1n) is 15.2. The van der Waals surface area contributed by atoms with Gasteiger partial charge in [-0.05, 0) is 43.9 Å². The third-order valence-corrected chi connectivity index (χ3v) is 7.68. The van der Waals surface area contributed by atoms with Crippen LogP contribution < -0.4 is 20.9 Å². The van der Waals surface area contributed by atoms with E-state index in [1.165, 1.54) is 4.90 Å². The first kappa shape index (κ1) is 31.4. The number of benzene rings is 2. The minimum Gasteiger partial charge on any atom is -0.494 e. The Balaban J connectivity index is 1.39. The fourth-order valence-corrected chi connectivity index (χ4v) is 5.49. The Morgan fingerprint density at radius 3 is 2.67 bits per heavy atom. The standard InChI is InChI=1S/C33H39N7O5/c1-22(2)18-28-32(43)35-13-16-38-15-12-34-31(38)24-8-6-9-25(19-24)45-17-7-14-39(20-29(41)36-28)30(42)21-40-33(44)27-11-5-4-10-26(27)23(3)37-40/h4-6,8-12,15,19,22,28H,7,13-14,16-18,20-21H2,1-3H3,(H,35,43)(H,36,41)/t28-/m1/s1. The van der Waals surface area contributed by atoms with Crippen molar-refractivity contribution in [3.63, 3.8) is 0 Å². The largest absolute Gasteiger partial charge is 0.494 e. The molecule has 5 rings (SSSR count). The van der Waals surface area contributed by atoms with E-state index in [0.717, 1.165) is 21.5 Å². The highest BCUT2D eigenvalue weighted by Crippen LogP contribution is 2.23. The number of amides is 3. The van der Waals surface area contributed by atoms with Gasteiger partial charge in [0.15, 0.2) is 0 Å². The first-order chi connectivity index (χ1) is 21.7. The molecule has 1 aliphatic rings. The van der Waals surface area contributed by atoms with Gasteiger partial charge in [0.05, 0.1) is 24.2 Å². The number of hydrogen-bond acceptors (Lipinski definition) is 7. The summed E-state index contributed by atoms with van der Waals surface area (Å²) in [6.45, 7) is 6.42. The summed E-state index contributed by atoms with van der Waals surface area (Å²) in [5.41, 5.74) is 1.11. The van der Waals surface area contributed by atoms with Gasteiger partial charge in [0.25, 0.3) is 5.56 Å². The molecule has 1 atom stereocenters. The number of aryl methyl sites for hydroxylation is 1. The lowest BCUT2D eigenvalue weighted by Crippen LogP contribution is -2.51. The highest BCUT2D eigenvalue weighted by Gasteiger charge is 2.25. The predicted octanol–water partition coefficient (Wildman–Crippen LogP) is 2.53. The van der Waals surface area contributed by atoms with Gasteiger partial charge in [-0.3, -0.25) is 19.2 Å². The molecule has 2 aromatic heterocycles. The van der Waals surface area contributed by atoms with Crippen LogP contribution in [0, 0.1) is 12.8 Å². The normalized spacial score (nSPS) is 16.7. The highest BCUT2D eigenvalue weighted by atomic mass is 16.5. The number of fused-ring (bicyclic) bond motifs is 5. The molecule has 2 aromatic carbocycles. The van der Waals surface area contributed by atoms with E-state index in [0.29, 0.717) is 42.8 Å². The van der Waals surface area contributed by atoms with Crippen molar-refractivity contribution in [2.24, 2.45) is 5.92 Å². The summed E-state index contributed by atoms with van der Waals surface area (Å²) >= 11 is 0. The average Bonchev–Trinajstić information content (AvgIpc) is 3.49. The highest BCUT2D eigenvalue weighted by molar-refractivity contribution is 5.90. The molecule has 0 spiro atoms. The zero-order valence-corrected chi connectivity index (χ0v) is 25.9. The zero-order chi connectivity index (χ0) is 31.9. The van der Waals surface area contributed by atoms with Crippen LogP contribution in [0.1, 0.15) is 32.4 Å². The zero-order valence-electron chi connectivity index (χ0n) is 25.9. The van der Waals surface area contributed by atoms with Crippen LogP contribution in [0.3, 0.4) is 0 Å². The summed E-state index contributed by atoms with van der Waals surface area (Å²) in [6, 6.07) is 13.9. The fourth-order valence-electron chi connectivity index (χ4n) is 5.49. The number of rotatable bonds is 4. The summed E-state index contributed by atoms with van der Waals surface area (Å²) in [7, 11) is 0. The molecule has 0 unspecified atom stereocenters. The molecule has 2 bridgehead atoms. The van der Waals surface area contributed by atoms with E-state index >= 15 is 0 Å². The van der Waals surface area contributed by atoms with Gasteiger partial charge in [-0.1, -0.05) is 44.2 Å². The summed E-state index contributed by atoms with van der Waals surface area (Å²) in [5.74, 6) is 0.317. The Labute approximate surface area is 261 Å². The third kappa shape index (κ3) is 7.75.